The molecule has 5 rings (SSSR count). The number of hydrogen-bond acceptors (Lipinski definition) is 8. The van der Waals surface area contributed by atoms with Crippen LogP contribution in [0.15, 0.2) is 30.9 Å². The molecule has 0 unspecified atom stereocenters. The van der Waals surface area contributed by atoms with Crippen molar-refractivity contribution in [2.45, 2.75) is 13.3 Å². The van der Waals surface area contributed by atoms with Crippen molar-refractivity contribution >= 4 is 28.0 Å². The quantitative estimate of drug-likeness (QED) is 0.504. The van der Waals surface area contributed by atoms with E-state index in [1.807, 2.05) is 29.9 Å². The molecule has 9 nitrogen and oxygen atoms in total. The van der Waals surface area contributed by atoms with Gasteiger partial charge in [0.25, 0.3) is 0 Å². The lowest BCUT2D eigenvalue weighted by molar-refractivity contribution is 0.0383. The molecule has 4 aromatic rings. The van der Waals surface area contributed by atoms with E-state index in [4.69, 9.17) is 4.74 Å². The lowest BCUT2D eigenvalue weighted by Crippen LogP contribution is -2.37. The molecule has 0 aliphatic carbocycles. The molecule has 0 atom stereocenters. The number of H-pyrrole nitrogens is 1. The highest BCUT2D eigenvalue weighted by Gasteiger charge is 2.15. The number of nitrogens with zero attached hydrogens (tertiary/aromatic N) is 6. The minimum Gasteiger partial charge on any atom is -0.379 e. The largest absolute Gasteiger partial charge is 0.379 e. The zero-order chi connectivity index (χ0) is 19.6. The normalized spacial score (nSPS) is 15.2. The van der Waals surface area contributed by atoms with Crippen LogP contribution in [-0.4, -0.2) is 66.7 Å². The van der Waals surface area contributed by atoms with E-state index in [0.29, 0.717) is 0 Å². The Balaban J connectivity index is 1.35. The fourth-order valence-electron chi connectivity index (χ4n) is 3.50. The molecular formula is C19H22N8OS. The topological polar surface area (TPSA) is 96.3 Å². The molecular weight excluding hydrogens is 388 g/mol. The number of rotatable bonds is 6. The molecule has 29 heavy (non-hydrogen) atoms. The third-order valence-corrected chi connectivity index (χ3v) is 5.74. The Labute approximate surface area is 171 Å². The zero-order valence-electron chi connectivity index (χ0n) is 16.1. The zero-order valence-corrected chi connectivity index (χ0v) is 16.9. The van der Waals surface area contributed by atoms with Crippen LogP contribution < -0.4 is 5.32 Å². The Kier molecular flexibility index (Phi) is 4.96. The van der Waals surface area contributed by atoms with E-state index >= 15 is 0 Å². The first-order valence-electron chi connectivity index (χ1n) is 9.63. The number of aromatic amines is 1. The van der Waals surface area contributed by atoms with Gasteiger partial charge in [-0.05, 0) is 24.5 Å². The molecule has 4 aromatic heterocycles. The summed E-state index contributed by atoms with van der Waals surface area (Å²) in [6.45, 7) is 6.63. The molecule has 5 heterocycles. The molecule has 150 valence electrons. The molecule has 1 fully saturated rings. The lowest BCUT2D eigenvalue weighted by Gasteiger charge is -2.26. The summed E-state index contributed by atoms with van der Waals surface area (Å²) in [7, 11) is 0. The summed E-state index contributed by atoms with van der Waals surface area (Å²) in [6.07, 6.45) is 8.40. The summed E-state index contributed by atoms with van der Waals surface area (Å²) in [4.78, 5) is 11.7. The Hall–Kier alpha value is -2.82. The SMILES string of the molecule is Cc1cn2c(-c3cn[nH]c3)cnc2c(Nc2cc(CCN3CCOCC3)ns2)n1. The molecule has 0 bridgehead atoms. The van der Waals surface area contributed by atoms with Gasteiger partial charge in [-0.1, -0.05) is 0 Å². The van der Waals surface area contributed by atoms with Crippen molar-refractivity contribution in [1.29, 1.82) is 0 Å². The summed E-state index contributed by atoms with van der Waals surface area (Å²) in [5.74, 6) is 0.725. The summed E-state index contributed by atoms with van der Waals surface area (Å²) < 4.78 is 12.0. The Morgan fingerprint density at radius 3 is 3.00 bits per heavy atom. The molecule has 10 heteroatoms. The molecule has 0 saturated carbocycles. The summed E-state index contributed by atoms with van der Waals surface area (Å²) in [6, 6.07) is 2.10. The Bertz CT molecular complexity index is 1100. The van der Waals surface area contributed by atoms with Gasteiger partial charge >= 0.3 is 0 Å². The van der Waals surface area contributed by atoms with Crippen LogP contribution in [0.3, 0.4) is 0 Å². The molecule has 0 aromatic carbocycles. The van der Waals surface area contributed by atoms with Crippen molar-refractivity contribution in [2.24, 2.45) is 0 Å². The lowest BCUT2D eigenvalue weighted by atomic mass is 10.3. The van der Waals surface area contributed by atoms with Gasteiger partial charge in [-0.3, -0.25) is 14.4 Å². The third-order valence-electron chi connectivity index (χ3n) is 5.00. The first-order valence-corrected chi connectivity index (χ1v) is 10.4. The van der Waals surface area contributed by atoms with E-state index in [0.717, 1.165) is 78.4 Å². The van der Waals surface area contributed by atoms with Crippen molar-refractivity contribution in [2.75, 3.05) is 38.2 Å². The first kappa shape index (κ1) is 18.2. The van der Waals surface area contributed by atoms with Crippen molar-refractivity contribution in [3.05, 3.63) is 42.2 Å². The first-order chi connectivity index (χ1) is 14.3. The number of anilines is 2. The highest BCUT2D eigenvalue weighted by atomic mass is 32.1. The maximum absolute atomic E-state index is 5.41. The molecule has 2 N–H and O–H groups in total. The van der Waals surface area contributed by atoms with Crippen LogP contribution in [0, 0.1) is 6.92 Å². The Morgan fingerprint density at radius 1 is 1.28 bits per heavy atom. The fourth-order valence-corrected chi connectivity index (χ4v) is 4.19. The van der Waals surface area contributed by atoms with Gasteiger partial charge in [0, 0.05) is 44.0 Å². The molecule has 1 aliphatic rings. The highest BCUT2D eigenvalue weighted by molar-refractivity contribution is 7.10. The fraction of sp³-hybridized carbons (Fsp3) is 0.368. The smallest absolute Gasteiger partial charge is 0.180 e. The van der Waals surface area contributed by atoms with Gasteiger partial charge < -0.3 is 10.1 Å². The second-order valence-corrected chi connectivity index (χ2v) is 7.87. The van der Waals surface area contributed by atoms with Gasteiger partial charge in [-0.15, -0.1) is 0 Å². The van der Waals surface area contributed by atoms with Crippen molar-refractivity contribution < 1.29 is 4.74 Å². The predicted molar refractivity (Wildman–Crippen MR) is 112 cm³/mol. The summed E-state index contributed by atoms with van der Waals surface area (Å²) in [5.41, 5.74) is 4.72. The second kappa shape index (κ2) is 7.90. The van der Waals surface area contributed by atoms with E-state index < -0.39 is 0 Å². The average molecular weight is 411 g/mol. The van der Waals surface area contributed by atoms with Gasteiger partial charge in [0.1, 0.15) is 5.00 Å². The monoisotopic (exact) mass is 410 g/mol. The maximum atomic E-state index is 5.41. The van der Waals surface area contributed by atoms with E-state index in [2.05, 4.69) is 40.8 Å². The van der Waals surface area contributed by atoms with Crippen LogP contribution in [0.2, 0.25) is 0 Å². The number of hydrogen-bond donors (Lipinski definition) is 2. The molecule has 0 radical (unpaired) electrons. The van der Waals surface area contributed by atoms with Crippen LogP contribution in [0.5, 0.6) is 0 Å². The summed E-state index contributed by atoms with van der Waals surface area (Å²) in [5, 5.41) is 11.3. The van der Waals surface area contributed by atoms with Crippen molar-refractivity contribution in [3.63, 3.8) is 0 Å². The average Bonchev–Trinajstić information content (AvgIpc) is 3.48. The number of nitrogens with one attached hydrogen (secondary N) is 2. The van der Waals surface area contributed by atoms with Gasteiger partial charge in [0.2, 0.25) is 0 Å². The standard InChI is InChI=1S/C19H22N8OS/c1-13-12-27-16(14-9-21-22-10-14)11-20-19(27)18(23-13)24-17-8-15(25-29-17)2-3-26-4-6-28-7-5-26/h8-12H,2-7H2,1H3,(H,21,22)(H,23,24). The number of aromatic nitrogens is 6. The van der Waals surface area contributed by atoms with Gasteiger partial charge in [-0.2, -0.15) is 9.47 Å². The minimum absolute atomic E-state index is 0.725. The van der Waals surface area contributed by atoms with Crippen molar-refractivity contribution in [1.82, 2.24) is 33.8 Å². The van der Waals surface area contributed by atoms with E-state index in [1.54, 1.807) is 6.20 Å². The van der Waals surface area contributed by atoms with Crippen LogP contribution in [0.25, 0.3) is 16.9 Å². The second-order valence-electron chi connectivity index (χ2n) is 7.07. The van der Waals surface area contributed by atoms with Crippen molar-refractivity contribution in [3.8, 4) is 11.3 Å². The molecule has 1 aliphatic heterocycles. The van der Waals surface area contributed by atoms with Crippen LogP contribution >= 0.6 is 11.5 Å². The molecule has 0 spiro atoms. The molecule has 0 amide bonds. The van der Waals surface area contributed by atoms with E-state index in [9.17, 15) is 0 Å². The van der Waals surface area contributed by atoms with Gasteiger partial charge in [-0.25, -0.2) is 9.97 Å². The van der Waals surface area contributed by atoms with Crippen LogP contribution in [-0.2, 0) is 11.2 Å². The van der Waals surface area contributed by atoms with E-state index in [1.165, 1.54) is 11.5 Å². The number of fused-ring (bicyclic) bond motifs is 1. The molecule has 1 saturated heterocycles. The highest BCUT2D eigenvalue weighted by Crippen LogP contribution is 2.27. The van der Waals surface area contributed by atoms with E-state index in [-0.39, 0.29) is 0 Å². The maximum Gasteiger partial charge on any atom is 0.180 e. The Morgan fingerprint density at radius 2 is 2.17 bits per heavy atom. The number of morpholine rings is 1. The van der Waals surface area contributed by atoms with Crippen LogP contribution in [0.1, 0.15) is 11.4 Å². The van der Waals surface area contributed by atoms with Crippen LogP contribution in [0.4, 0.5) is 10.8 Å². The third kappa shape index (κ3) is 3.86. The van der Waals surface area contributed by atoms with Gasteiger partial charge in [0.15, 0.2) is 11.5 Å². The summed E-state index contributed by atoms with van der Waals surface area (Å²) >= 11 is 1.45. The predicted octanol–water partition coefficient (Wildman–Crippen LogP) is 2.50. The number of ether oxygens (including phenoxy) is 1. The number of imidazole rings is 1. The number of aryl methyl sites for hydroxylation is 1. The van der Waals surface area contributed by atoms with Gasteiger partial charge in [0.05, 0.1) is 42.7 Å². The minimum atomic E-state index is 0.725.